The van der Waals surface area contributed by atoms with Gasteiger partial charge in [-0.2, -0.15) is 0 Å². The first-order chi connectivity index (χ1) is 17.4. The number of likely N-dealkylation sites (tertiary alicyclic amines) is 1. The molecule has 2 heterocycles. The fraction of sp³-hybridized carbons (Fsp3) is 0.296. The van der Waals surface area contributed by atoms with Gasteiger partial charge in [0.25, 0.3) is 5.91 Å². The monoisotopic (exact) mass is 507 g/mol. The third kappa shape index (κ3) is 5.41. The standard InChI is InChI=1S/C27H26FN3O4S/c28-19-8-9-20(22(13-19)35-16-18-5-2-1-3-6-18)30-25(33)21-14-27(10-11-27)17-31(21)24(32)15-29-26(34)23-7-4-12-36-23/h1-9,12-13,21H,10-11,14-17H2,(H,29,34)(H,30,33)/t21-/m0/s1. The first-order valence-corrected chi connectivity index (χ1v) is 12.7. The van der Waals surface area contributed by atoms with E-state index in [-0.39, 0.29) is 42.0 Å². The van der Waals surface area contributed by atoms with Crippen molar-refractivity contribution in [2.24, 2.45) is 5.41 Å². The molecule has 0 radical (unpaired) electrons. The number of hydrogen-bond donors (Lipinski definition) is 2. The van der Waals surface area contributed by atoms with Crippen LogP contribution < -0.4 is 15.4 Å². The first kappa shape index (κ1) is 24.0. The summed E-state index contributed by atoms with van der Waals surface area (Å²) < 4.78 is 19.8. The molecule has 1 saturated carbocycles. The highest BCUT2D eigenvalue weighted by molar-refractivity contribution is 7.12. The van der Waals surface area contributed by atoms with Gasteiger partial charge in [-0.05, 0) is 53.8 Å². The van der Waals surface area contributed by atoms with Crippen LogP contribution in [-0.4, -0.2) is 41.8 Å². The van der Waals surface area contributed by atoms with E-state index < -0.39 is 11.9 Å². The Morgan fingerprint density at radius 3 is 2.61 bits per heavy atom. The molecule has 2 N–H and O–H groups in total. The van der Waals surface area contributed by atoms with Gasteiger partial charge in [-0.25, -0.2) is 4.39 Å². The summed E-state index contributed by atoms with van der Waals surface area (Å²) in [5, 5.41) is 7.29. The molecular weight excluding hydrogens is 481 g/mol. The molecule has 0 unspecified atom stereocenters. The largest absolute Gasteiger partial charge is 0.487 e. The highest BCUT2D eigenvalue weighted by Gasteiger charge is 2.55. The van der Waals surface area contributed by atoms with E-state index in [1.165, 1.54) is 29.5 Å². The van der Waals surface area contributed by atoms with Crippen LogP contribution in [0.25, 0.3) is 0 Å². The average molecular weight is 508 g/mol. The number of carbonyl (C=O) groups is 3. The molecule has 186 valence electrons. The summed E-state index contributed by atoms with van der Waals surface area (Å²) in [5.74, 6) is -1.23. The van der Waals surface area contributed by atoms with Crippen molar-refractivity contribution >= 4 is 34.7 Å². The number of carbonyl (C=O) groups excluding carboxylic acids is 3. The number of hydrogen-bond acceptors (Lipinski definition) is 5. The maximum atomic E-state index is 14.0. The molecule has 2 aromatic carbocycles. The van der Waals surface area contributed by atoms with E-state index in [9.17, 15) is 18.8 Å². The van der Waals surface area contributed by atoms with E-state index in [1.54, 1.807) is 22.4 Å². The van der Waals surface area contributed by atoms with E-state index >= 15 is 0 Å². The van der Waals surface area contributed by atoms with Gasteiger partial charge >= 0.3 is 0 Å². The van der Waals surface area contributed by atoms with Crippen molar-refractivity contribution in [2.45, 2.75) is 31.9 Å². The Kier molecular flexibility index (Phi) is 6.73. The molecule has 2 fully saturated rings. The highest BCUT2D eigenvalue weighted by Crippen LogP contribution is 2.55. The molecule has 1 saturated heterocycles. The summed E-state index contributed by atoms with van der Waals surface area (Å²) in [6.45, 7) is 0.520. The fourth-order valence-corrected chi connectivity index (χ4v) is 5.15. The molecule has 1 spiro atoms. The molecular formula is C27H26FN3O4S. The van der Waals surface area contributed by atoms with Crippen LogP contribution in [0.5, 0.6) is 5.75 Å². The zero-order valence-electron chi connectivity index (χ0n) is 19.5. The lowest BCUT2D eigenvalue weighted by Crippen LogP contribution is -2.47. The van der Waals surface area contributed by atoms with Gasteiger partial charge in [0, 0.05) is 12.6 Å². The molecule has 1 aromatic heterocycles. The van der Waals surface area contributed by atoms with Gasteiger partial charge in [0.05, 0.1) is 17.1 Å². The van der Waals surface area contributed by atoms with Crippen LogP contribution in [0, 0.1) is 11.2 Å². The van der Waals surface area contributed by atoms with E-state index in [0.717, 1.165) is 18.4 Å². The van der Waals surface area contributed by atoms with Gasteiger partial charge in [-0.3, -0.25) is 14.4 Å². The molecule has 0 bridgehead atoms. The van der Waals surface area contributed by atoms with Gasteiger partial charge in [0.2, 0.25) is 11.8 Å². The lowest BCUT2D eigenvalue weighted by atomic mass is 10.0. The van der Waals surface area contributed by atoms with E-state index in [2.05, 4.69) is 10.6 Å². The third-order valence-corrected chi connectivity index (χ3v) is 7.54. The predicted molar refractivity (Wildman–Crippen MR) is 134 cm³/mol. The SMILES string of the molecule is O=C(NCC(=O)N1CC2(CC2)C[C@H]1C(=O)Nc1ccc(F)cc1OCc1ccccc1)c1cccs1. The molecule has 7 nitrogen and oxygen atoms in total. The Balaban J connectivity index is 1.26. The maximum Gasteiger partial charge on any atom is 0.261 e. The summed E-state index contributed by atoms with van der Waals surface area (Å²) in [4.78, 5) is 40.7. The second-order valence-corrected chi connectivity index (χ2v) is 10.3. The summed E-state index contributed by atoms with van der Waals surface area (Å²) in [7, 11) is 0. The quantitative estimate of drug-likeness (QED) is 0.478. The molecule has 3 aromatic rings. The molecule has 3 amide bonds. The van der Waals surface area contributed by atoms with E-state index in [1.807, 2.05) is 30.3 Å². The zero-order valence-corrected chi connectivity index (χ0v) is 20.4. The van der Waals surface area contributed by atoms with Crippen molar-refractivity contribution in [3.05, 3.63) is 82.3 Å². The minimum Gasteiger partial charge on any atom is -0.487 e. The van der Waals surface area contributed by atoms with Crippen molar-refractivity contribution in [3.8, 4) is 5.75 Å². The molecule has 5 rings (SSSR count). The number of nitrogens with one attached hydrogen (secondary N) is 2. The smallest absolute Gasteiger partial charge is 0.261 e. The van der Waals surface area contributed by atoms with Gasteiger partial charge in [-0.1, -0.05) is 36.4 Å². The van der Waals surface area contributed by atoms with E-state index in [4.69, 9.17) is 4.74 Å². The molecule has 1 aliphatic carbocycles. The van der Waals surface area contributed by atoms with Gasteiger partial charge in [0.1, 0.15) is 24.2 Å². The van der Waals surface area contributed by atoms with E-state index in [0.29, 0.717) is 23.5 Å². The van der Waals surface area contributed by atoms with Crippen molar-refractivity contribution < 1.29 is 23.5 Å². The molecule has 9 heteroatoms. The first-order valence-electron chi connectivity index (χ1n) is 11.8. The van der Waals surface area contributed by atoms with Gasteiger partial charge in [0.15, 0.2) is 0 Å². The lowest BCUT2D eigenvalue weighted by Gasteiger charge is -2.24. The normalized spacial score (nSPS) is 17.6. The number of benzene rings is 2. The Hall–Kier alpha value is -3.72. The Morgan fingerprint density at radius 1 is 1.08 bits per heavy atom. The number of halogens is 1. The van der Waals surface area contributed by atoms with Crippen LogP contribution in [0.1, 0.15) is 34.5 Å². The lowest BCUT2D eigenvalue weighted by molar-refractivity contribution is -0.135. The van der Waals surface area contributed by atoms with Gasteiger partial charge < -0.3 is 20.3 Å². The number of anilines is 1. The van der Waals surface area contributed by atoms with Crippen LogP contribution in [0.3, 0.4) is 0 Å². The maximum absolute atomic E-state index is 14.0. The Morgan fingerprint density at radius 2 is 1.89 bits per heavy atom. The van der Waals surface area contributed by atoms with Crippen molar-refractivity contribution in [1.82, 2.24) is 10.2 Å². The summed E-state index contributed by atoms with van der Waals surface area (Å²) in [5.41, 5.74) is 1.21. The zero-order chi connectivity index (χ0) is 25.1. The average Bonchev–Trinajstić information content (AvgIpc) is 3.26. The summed E-state index contributed by atoms with van der Waals surface area (Å²) in [6, 6.07) is 16.2. The number of nitrogens with zero attached hydrogens (tertiary/aromatic N) is 1. The fourth-order valence-electron chi connectivity index (χ4n) is 4.51. The van der Waals surface area contributed by atoms with Crippen LogP contribution in [0.4, 0.5) is 10.1 Å². The Labute approximate surface area is 212 Å². The molecule has 36 heavy (non-hydrogen) atoms. The molecule has 1 atom stereocenters. The van der Waals surface area contributed by atoms with Crippen molar-refractivity contribution in [2.75, 3.05) is 18.4 Å². The second-order valence-electron chi connectivity index (χ2n) is 9.31. The minimum atomic E-state index is -0.675. The van der Waals surface area contributed by atoms with Crippen LogP contribution in [0.2, 0.25) is 0 Å². The number of ether oxygens (including phenoxy) is 1. The van der Waals surface area contributed by atoms with Crippen molar-refractivity contribution in [1.29, 1.82) is 0 Å². The third-order valence-electron chi connectivity index (χ3n) is 6.67. The highest BCUT2D eigenvalue weighted by atomic mass is 32.1. The van der Waals surface area contributed by atoms with Crippen LogP contribution in [-0.2, 0) is 16.2 Å². The minimum absolute atomic E-state index is 0.0368. The van der Waals surface area contributed by atoms with Crippen LogP contribution in [0.15, 0.2) is 66.0 Å². The second kappa shape index (κ2) is 10.1. The number of amides is 3. The van der Waals surface area contributed by atoms with Crippen LogP contribution >= 0.6 is 11.3 Å². The molecule has 1 aliphatic heterocycles. The van der Waals surface area contributed by atoms with Gasteiger partial charge in [-0.15, -0.1) is 11.3 Å². The Bertz CT molecular complexity index is 1260. The predicted octanol–water partition coefficient (Wildman–Crippen LogP) is 4.22. The summed E-state index contributed by atoms with van der Waals surface area (Å²) in [6.07, 6.45) is 2.49. The topological polar surface area (TPSA) is 87.7 Å². The summed E-state index contributed by atoms with van der Waals surface area (Å²) >= 11 is 1.30. The van der Waals surface area contributed by atoms with Crippen molar-refractivity contribution in [3.63, 3.8) is 0 Å². The number of rotatable bonds is 8. The molecule has 2 aliphatic rings. The number of thiophene rings is 1.